The minimum absolute atomic E-state index is 0.201. The summed E-state index contributed by atoms with van der Waals surface area (Å²) in [5.74, 6) is 0.522. The Bertz CT molecular complexity index is 1040. The van der Waals surface area contributed by atoms with Crippen LogP contribution in [-0.4, -0.2) is 20.4 Å². The third-order valence-electron chi connectivity index (χ3n) is 4.32. The Labute approximate surface area is 151 Å². The van der Waals surface area contributed by atoms with Crippen molar-refractivity contribution in [2.24, 2.45) is 5.10 Å². The summed E-state index contributed by atoms with van der Waals surface area (Å²) in [6, 6.07) is 7.51. The first-order chi connectivity index (χ1) is 11.8. The largest absolute Gasteiger partial charge is 0.346 e. The Morgan fingerprint density at radius 3 is 2.56 bits per heavy atom. The molecule has 0 spiro atoms. The van der Waals surface area contributed by atoms with Crippen molar-refractivity contribution in [3.05, 3.63) is 62.4 Å². The number of nitrogens with zero attached hydrogens (tertiary/aromatic N) is 4. The number of aryl methyl sites for hydroxylation is 2. The summed E-state index contributed by atoms with van der Waals surface area (Å²) in [6.45, 7) is 10.2. The molecule has 6 heteroatoms. The van der Waals surface area contributed by atoms with Gasteiger partial charge >= 0.3 is 0 Å². The van der Waals surface area contributed by atoms with E-state index >= 15 is 0 Å². The van der Waals surface area contributed by atoms with Gasteiger partial charge in [-0.2, -0.15) is 9.78 Å². The molecule has 0 aliphatic rings. The highest BCUT2D eigenvalue weighted by Crippen LogP contribution is 2.19. The number of benzene rings is 1. The van der Waals surface area contributed by atoms with E-state index in [4.69, 9.17) is 11.6 Å². The van der Waals surface area contributed by atoms with Crippen LogP contribution in [0, 0.1) is 20.8 Å². The van der Waals surface area contributed by atoms with Crippen LogP contribution in [0.4, 0.5) is 0 Å². The van der Waals surface area contributed by atoms with E-state index in [2.05, 4.69) is 48.4 Å². The lowest BCUT2D eigenvalue weighted by Crippen LogP contribution is -2.20. The second-order valence-electron chi connectivity index (χ2n) is 6.47. The highest BCUT2D eigenvalue weighted by Gasteiger charge is 2.11. The van der Waals surface area contributed by atoms with Crippen LogP contribution < -0.4 is 5.56 Å². The first-order valence-corrected chi connectivity index (χ1v) is 8.59. The predicted octanol–water partition coefficient (Wildman–Crippen LogP) is 4.24. The molecule has 2 heterocycles. The van der Waals surface area contributed by atoms with Gasteiger partial charge in [-0.15, -0.1) is 0 Å². The van der Waals surface area contributed by atoms with Crippen molar-refractivity contribution in [3.8, 4) is 0 Å². The summed E-state index contributed by atoms with van der Waals surface area (Å²) in [5, 5.41) is 5.45. The Hall–Kier alpha value is -2.40. The first-order valence-electron chi connectivity index (χ1n) is 8.21. The Morgan fingerprint density at radius 2 is 1.92 bits per heavy atom. The van der Waals surface area contributed by atoms with Gasteiger partial charge in [0.05, 0.1) is 17.1 Å². The molecule has 0 fully saturated rings. The van der Waals surface area contributed by atoms with Crippen molar-refractivity contribution in [1.82, 2.24) is 14.2 Å². The number of halogens is 1. The van der Waals surface area contributed by atoms with E-state index in [0.717, 1.165) is 11.3 Å². The molecule has 2 aromatic heterocycles. The zero-order valence-electron chi connectivity index (χ0n) is 15.0. The first kappa shape index (κ1) is 17.4. The molecule has 0 atom stereocenters. The zero-order chi connectivity index (χ0) is 18.3. The molecule has 5 nitrogen and oxygen atoms in total. The van der Waals surface area contributed by atoms with Crippen LogP contribution in [0.2, 0.25) is 5.02 Å². The van der Waals surface area contributed by atoms with Crippen LogP contribution in [0.25, 0.3) is 10.9 Å². The normalized spacial score (nSPS) is 12.0. The van der Waals surface area contributed by atoms with Crippen molar-refractivity contribution in [2.75, 3.05) is 0 Å². The van der Waals surface area contributed by atoms with Crippen LogP contribution in [0.1, 0.15) is 42.7 Å². The molecule has 0 aliphatic heterocycles. The van der Waals surface area contributed by atoms with Gasteiger partial charge in [0, 0.05) is 28.0 Å². The van der Waals surface area contributed by atoms with E-state index in [1.807, 2.05) is 0 Å². The minimum atomic E-state index is -0.201. The maximum Gasteiger partial charge on any atom is 0.282 e. The Kier molecular flexibility index (Phi) is 4.52. The van der Waals surface area contributed by atoms with Crippen molar-refractivity contribution in [3.63, 3.8) is 0 Å². The summed E-state index contributed by atoms with van der Waals surface area (Å²) in [7, 11) is 0. The topological polar surface area (TPSA) is 52.2 Å². The summed E-state index contributed by atoms with van der Waals surface area (Å²) in [4.78, 5) is 17.2. The molecule has 25 heavy (non-hydrogen) atoms. The van der Waals surface area contributed by atoms with Crippen molar-refractivity contribution in [2.45, 2.75) is 40.7 Å². The average Bonchev–Trinajstić information content (AvgIpc) is 2.80. The van der Waals surface area contributed by atoms with Gasteiger partial charge in [0.15, 0.2) is 0 Å². The maximum atomic E-state index is 12.7. The molecule has 0 amide bonds. The van der Waals surface area contributed by atoms with Gasteiger partial charge in [0.1, 0.15) is 5.82 Å². The lowest BCUT2D eigenvalue weighted by Gasteiger charge is -2.13. The standard InChI is InChI=1S/C19H21ClN4O/c1-11(2)23-12(3)8-15(13(23)4)10-21-24-14(5)22-18-9-16(20)6-7-17(18)19(24)25/h6-11H,1-5H3/b21-10-. The quantitative estimate of drug-likeness (QED) is 0.659. The van der Waals surface area contributed by atoms with Crippen molar-refractivity contribution >= 4 is 28.7 Å². The van der Waals surface area contributed by atoms with Gasteiger partial charge in [0.25, 0.3) is 5.56 Å². The monoisotopic (exact) mass is 356 g/mol. The molecule has 0 unspecified atom stereocenters. The van der Waals surface area contributed by atoms with Gasteiger partial charge in [-0.3, -0.25) is 4.79 Å². The van der Waals surface area contributed by atoms with E-state index in [1.54, 1.807) is 31.3 Å². The molecule has 0 saturated heterocycles. The molecule has 3 rings (SSSR count). The molecular formula is C19H21ClN4O. The minimum Gasteiger partial charge on any atom is -0.346 e. The summed E-state index contributed by atoms with van der Waals surface area (Å²) < 4.78 is 3.58. The average molecular weight is 357 g/mol. The number of rotatable bonds is 3. The maximum absolute atomic E-state index is 12.7. The number of hydrogen-bond acceptors (Lipinski definition) is 3. The SMILES string of the molecule is Cc1cc(/C=N\n2c(C)nc3cc(Cl)ccc3c2=O)c(C)n1C(C)C. The molecule has 0 saturated carbocycles. The fraction of sp³-hybridized carbons (Fsp3) is 0.316. The lowest BCUT2D eigenvalue weighted by molar-refractivity contribution is 0.574. The fourth-order valence-corrected chi connectivity index (χ4v) is 3.41. The molecule has 0 bridgehead atoms. The van der Waals surface area contributed by atoms with Gasteiger partial charge in [-0.1, -0.05) is 11.6 Å². The third-order valence-corrected chi connectivity index (χ3v) is 4.56. The number of fused-ring (bicyclic) bond motifs is 1. The summed E-state index contributed by atoms with van der Waals surface area (Å²) >= 11 is 5.98. The second kappa shape index (κ2) is 6.48. The van der Waals surface area contributed by atoms with Crippen molar-refractivity contribution < 1.29 is 0 Å². The smallest absolute Gasteiger partial charge is 0.282 e. The van der Waals surface area contributed by atoms with Gasteiger partial charge in [0.2, 0.25) is 0 Å². The highest BCUT2D eigenvalue weighted by molar-refractivity contribution is 6.31. The molecule has 0 N–H and O–H groups in total. The lowest BCUT2D eigenvalue weighted by atomic mass is 10.2. The van der Waals surface area contributed by atoms with Crippen LogP contribution in [0.15, 0.2) is 34.2 Å². The Morgan fingerprint density at radius 1 is 1.20 bits per heavy atom. The van der Waals surface area contributed by atoms with Crippen molar-refractivity contribution in [1.29, 1.82) is 0 Å². The van der Waals surface area contributed by atoms with Gasteiger partial charge < -0.3 is 4.57 Å². The zero-order valence-corrected chi connectivity index (χ0v) is 15.8. The summed E-state index contributed by atoms with van der Waals surface area (Å²) in [6.07, 6.45) is 1.72. The van der Waals surface area contributed by atoms with E-state index in [1.165, 1.54) is 10.4 Å². The van der Waals surface area contributed by atoms with E-state index in [-0.39, 0.29) is 5.56 Å². The van der Waals surface area contributed by atoms with E-state index in [0.29, 0.717) is 27.8 Å². The van der Waals surface area contributed by atoms with Crippen LogP contribution in [0.5, 0.6) is 0 Å². The van der Waals surface area contributed by atoms with E-state index < -0.39 is 0 Å². The molecule has 1 aromatic carbocycles. The second-order valence-corrected chi connectivity index (χ2v) is 6.91. The number of aromatic nitrogens is 3. The molecule has 0 aliphatic carbocycles. The molecule has 3 aromatic rings. The fourth-order valence-electron chi connectivity index (χ4n) is 3.24. The van der Waals surface area contributed by atoms with Crippen LogP contribution in [0.3, 0.4) is 0 Å². The van der Waals surface area contributed by atoms with Gasteiger partial charge in [-0.25, -0.2) is 4.98 Å². The van der Waals surface area contributed by atoms with E-state index in [9.17, 15) is 4.79 Å². The molecule has 130 valence electrons. The highest BCUT2D eigenvalue weighted by atomic mass is 35.5. The van der Waals surface area contributed by atoms with Crippen LogP contribution >= 0.6 is 11.6 Å². The molecule has 0 radical (unpaired) electrons. The Balaban J connectivity index is 2.10. The predicted molar refractivity (Wildman–Crippen MR) is 103 cm³/mol. The van der Waals surface area contributed by atoms with Crippen LogP contribution in [-0.2, 0) is 0 Å². The van der Waals surface area contributed by atoms with Gasteiger partial charge in [-0.05, 0) is 58.9 Å². The molecular weight excluding hydrogens is 336 g/mol. The third kappa shape index (κ3) is 3.12. The number of hydrogen-bond donors (Lipinski definition) is 0. The summed E-state index contributed by atoms with van der Waals surface area (Å²) in [5.41, 5.74) is 3.67.